The second-order valence-electron chi connectivity index (χ2n) is 6.42. The van der Waals surface area contributed by atoms with Crippen molar-refractivity contribution in [1.82, 2.24) is 5.32 Å². The molecule has 18 heavy (non-hydrogen) atoms. The van der Waals surface area contributed by atoms with E-state index < -0.39 is 0 Å². The lowest BCUT2D eigenvalue weighted by atomic mass is 9.78. The topological polar surface area (TPSA) is 55.1 Å². The van der Waals surface area contributed by atoms with E-state index in [1.54, 1.807) is 0 Å². The Labute approximate surface area is 111 Å². The lowest BCUT2D eigenvalue weighted by molar-refractivity contribution is -0.127. The molecule has 3 N–H and O–H groups in total. The van der Waals surface area contributed by atoms with Gasteiger partial charge >= 0.3 is 0 Å². The molecule has 0 aliphatic heterocycles. The molecule has 0 radical (unpaired) electrons. The van der Waals surface area contributed by atoms with Crippen molar-refractivity contribution in [2.45, 2.75) is 51.9 Å². The first-order valence-electron chi connectivity index (χ1n) is 7.68. The summed E-state index contributed by atoms with van der Waals surface area (Å²) in [4.78, 5) is 12.2. The normalized spacial score (nSPS) is 36.6. The number of rotatable bonds is 4. The van der Waals surface area contributed by atoms with Crippen LogP contribution in [0.1, 0.15) is 51.9 Å². The molecule has 0 aromatic rings. The number of hydrogen-bond acceptors (Lipinski definition) is 2. The molecule has 0 spiro atoms. The molecule has 4 unspecified atom stereocenters. The Morgan fingerprint density at radius 3 is 2.67 bits per heavy atom. The molecular formula is C15H28N2O. The summed E-state index contributed by atoms with van der Waals surface area (Å²) >= 11 is 0. The summed E-state index contributed by atoms with van der Waals surface area (Å²) in [6.45, 7) is 3.86. The Kier molecular flexibility index (Phi) is 5.04. The van der Waals surface area contributed by atoms with E-state index in [0.29, 0.717) is 18.4 Å². The SMILES string of the molecule is CC1CCC(CNC(=O)C2CCCCC2CN)C1. The molecule has 0 aromatic carbocycles. The monoisotopic (exact) mass is 252 g/mol. The predicted octanol–water partition coefficient (Wildman–Crippen LogP) is 2.30. The van der Waals surface area contributed by atoms with Crippen LogP contribution in [0, 0.1) is 23.7 Å². The zero-order valence-corrected chi connectivity index (χ0v) is 11.7. The van der Waals surface area contributed by atoms with Crippen LogP contribution in [0.15, 0.2) is 0 Å². The molecule has 3 nitrogen and oxygen atoms in total. The highest BCUT2D eigenvalue weighted by Crippen LogP contribution is 2.31. The van der Waals surface area contributed by atoms with E-state index in [4.69, 9.17) is 5.73 Å². The molecule has 4 atom stereocenters. The van der Waals surface area contributed by atoms with Crippen LogP contribution in [0.2, 0.25) is 0 Å². The van der Waals surface area contributed by atoms with Gasteiger partial charge in [0.05, 0.1) is 0 Å². The van der Waals surface area contributed by atoms with Crippen molar-refractivity contribution in [1.29, 1.82) is 0 Å². The highest BCUT2D eigenvalue weighted by atomic mass is 16.1. The summed E-state index contributed by atoms with van der Waals surface area (Å²) < 4.78 is 0. The van der Waals surface area contributed by atoms with Crippen molar-refractivity contribution in [2.75, 3.05) is 13.1 Å². The van der Waals surface area contributed by atoms with Gasteiger partial charge in [-0.2, -0.15) is 0 Å². The standard InChI is InChI=1S/C15H28N2O/c1-11-6-7-12(8-11)10-17-15(18)14-5-3-2-4-13(14)9-16/h11-14H,2-10,16H2,1H3,(H,17,18). The minimum atomic E-state index is 0.183. The number of carbonyl (C=O) groups excluding carboxylic acids is 1. The minimum absolute atomic E-state index is 0.183. The Bertz CT molecular complexity index is 280. The van der Waals surface area contributed by atoms with Crippen molar-refractivity contribution in [3.63, 3.8) is 0 Å². The number of nitrogens with one attached hydrogen (secondary N) is 1. The van der Waals surface area contributed by atoms with Gasteiger partial charge in [0.1, 0.15) is 0 Å². The second-order valence-corrected chi connectivity index (χ2v) is 6.42. The van der Waals surface area contributed by atoms with E-state index in [0.717, 1.165) is 25.3 Å². The van der Waals surface area contributed by atoms with Crippen LogP contribution in [0.25, 0.3) is 0 Å². The molecule has 0 bridgehead atoms. The van der Waals surface area contributed by atoms with Gasteiger partial charge in [-0.05, 0) is 50.0 Å². The maximum absolute atomic E-state index is 12.2. The van der Waals surface area contributed by atoms with E-state index in [1.807, 2.05) is 0 Å². The molecule has 2 rings (SSSR count). The largest absolute Gasteiger partial charge is 0.356 e. The summed E-state index contributed by atoms with van der Waals surface area (Å²) in [5.74, 6) is 2.43. The fourth-order valence-corrected chi connectivity index (χ4v) is 3.72. The second kappa shape index (κ2) is 6.55. The van der Waals surface area contributed by atoms with Crippen LogP contribution in [0.4, 0.5) is 0 Å². The van der Waals surface area contributed by atoms with Gasteiger partial charge in [0.2, 0.25) is 5.91 Å². The Hall–Kier alpha value is -0.570. The molecule has 2 saturated carbocycles. The summed E-state index contributed by atoms with van der Waals surface area (Å²) in [7, 11) is 0. The van der Waals surface area contributed by atoms with E-state index in [-0.39, 0.29) is 11.8 Å². The highest BCUT2D eigenvalue weighted by molar-refractivity contribution is 5.79. The predicted molar refractivity (Wildman–Crippen MR) is 74.0 cm³/mol. The third-order valence-electron chi connectivity index (χ3n) is 4.92. The quantitative estimate of drug-likeness (QED) is 0.806. The van der Waals surface area contributed by atoms with E-state index in [1.165, 1.54) is 32.1 Å². The van der Waals surface area contributed by atoms with Crippen molar-refractivity contribution >= 4 is 5.91 Å². The van der Waals surface area contributed by atoms with Gasteiger partial charge in [0.25, 0.3) is 0 Å². The van der Waals surface area contributed by atoms with Crippen LogP contribution in [-0.2, 0) is 4.79 Å². The van der Waals surface area contributed by atoms with Crippen LogP contribution in [0.3, 0.4) is 0 Å². The number of nitrogens with two attached hydrogens (primary N) is 1. The van der Waals surface area contributed by atoms with Crippen LogP contribution >= 0.6 is 0 Å². The van der Waals surface area contributed by atoms with Gasteiger partial charge in [-0.1, -0.05) is 26.2 Å². The molecule has 0 heterocycles. The average molecular weight is 252 g/mol. The summed E-state index contributed by atoms with van der Waals surface area (Å²) in [5.41, 5.74) is 5.79. The first-order valence-corrected chi connectivity index (χ1v) is 7.68. The van der Waals surface area contributed by atoms with Crippen LogP contribution in [0.5, 0.6) is 0 Å². The van der Waals surface area contributed by atoms with Crippen molar-refractivity contribution in [2.24, 2.45) is 29.4 Å². The van der Waals surface area contributed by atoms with E-state index in [2.05, 4.69) is 12.2 Å². The molecule has 2 aliphatic rings. The first kappa shape index (κ1) is 13.9. The molecule has 3 heteroatoms. The van der Waals surface area contributed by atoms with Crippen LogP contribution < -0.4 is 11.1 Å². The van der Waals surface area contributed by atoms with Gasteiger partial charge in [-0.3, -0.25) is 4.79 Å². The Morgan fingerprint density at radius 1 is 1.22 bits per heavy atom. The molecule has 0 aromatic heterocycles. The maximum atomic E-state index is 12.2. The average Bonchev–Trinajstić information content (AvgIpc) is 2.81. The lowest BCUT2D eigenvalue weighted by Crippen LogP contribution is -2.40. The molecule has 2 aliphatic carbocycles. The third kappa shape index (κ3) is 3.47. The fraction of sp³-hybridized carbons (Fsp3) is 0.933. The molecule has 104 valence electrons. The van der Waals surface area contributed by atoms with Crippen LogP contribution in [-0.4, -0.2) is 19.0 Å². The smallest absolute Gasteiger partial charge is 0.223 e. The molecule has 0 saturated heterocycles. The fourth-order valence-electron chi connectivity index (χ4n) is 3.72. The summed E-state index contributed by atoms with van der Waals surface area (Å²) in [6.07, 6.45) is 8.50. The summed E-state index contributed by atoms with van der Waals surface area (Å²) in [5, 5.41) is 3.18. The lowest BCUT2D eigenvalue weighted by Gasteiger charge is -2.29. The zero-order valence-electron chi connectivity index (χ0n) is 11.7. The number of hydrogen-bond donors (Lipinski definition) is 2. The van der Waals surface area contributed by atoms with Crippen molar-refractivity contribution < 1.29 is 4.79 Å². The number of carbonyl (C=O) groups is 1. The zero-order chi connectivity index (χ0) is 13.0. The van der Waals surface area contributed by atoms with Gasteiger partial charge in [-0.25, -0.2) is 0 Å². The highest BCUT2D eigenvalue weighted by Gasteiger charge is 2.30. The van der Waals surface area contributed by atoms with E-state index >= 15 is 0 Å². The third-order valence-corrected chi connectivity index (χ3v) is 4.92. The number of amides is 1. The molecule has 2 fully saturated rings. The van der Waals surface area contributed by atoms with E-state index in [9.17, 15) is 4.79 Å². The molecule has 1 amide bonds. The minimum Gasteiger partial charge on any atom is -0.356 e. The first-order chi connectivity index (χ1) is 8.70. The maximum Gasteiger partial charge on any atom is 0.223 e. The van der Waals surface area contributed by atoms with Crippen molar-refractivity contribution in [3.8, 4) is 0 Å². The summed E-state index contributed by atoms with van der Waals surface area (Å²) in [6, 6.07) is 0. The molecular weight excluding hydrogens is 224 g/mol. The Balaban J connectivity index is 1.76. The van der Waals surface area contributed by atoms with Crippen molar-refractivity contribution in [3.05, 3.63) is 0 Å². The van der Waals surface area contributed by atoms with Gasteiger partial charge < -0.3 is 11.1 Å². The Morgan fingerprint density at radius 2 is 2.00 bits per heavy atom. The van der Waals surface area contributed by atoms with Gasteiger partial charge in [0, 0.05) is 12.5 Å². The van der Waals surface area contributed by atoms with Gasteiger partial charge in [0.15, 0.2) is 0 Å². The van der Waals surface area contributed by atoms with Gasteiger partial charge in [-0.15, -0.1) is 0 Å².